The predicted molar refractivity (Wildman–Crippen MR) is 48.3 cm³/mol. The normalized spacial score (nSPS) is 19.9. The van der Waals surface area contributed by atoms with Crippen LogP contribution in [0.25, 0.3) is 0 Å². The molecule has 0 aromatic heterocycles. The Kier molecular flexibility index (Phi) is 4.24. The van der Waals surface area contributed by atoms with Gasteiger partial charge in [0.1, 0.15) is 0 Å². The van der Waals surface area contributed by atoms with Gasteiger partial charge in [-0.3, -0.25) is 0 Å². The van der Waals surface area contributed by atoms with E-state index in [9.17, 15) is 4.80 Å². The van der Waals surface area contributed by atoms with Gasteiger partial charge < -0.3 is 15.0 Å². The Morgan fingerprint density at radius 3 is 2.27 bits per heavy atom. The van der Waals surface area contributed by atoms with Crippen LogP contribution in [0.3, 0.4) is 0 Å². The van der Waals surface area contributed by atoms with Crippen molar-refractivity contribution >= 4 is 8.56 Å². The van der Waals surface area contributed by atoms with Crippen LogP contribution in [0, 0.1) is 5.92 Å². The minimum Gasteiger partial charge on any atom is -0.410 e. The molecule has 0 aliphatic carbocycles. The van der Waals surface area contributed by atoms with E-state index in [0.717, 1.165) is 0 Å². The number of rotatable bonds is 4. The van der Waals surface area contributed by atoms with Gasteiger partial charge in [-0.05, 0) is 19.4 Å². The molecule has 0 aromatic carbocycles. The molecule has 0 aliphatic rings. The van der Waals surface area contributed by atoms with E-state index in [4.69, 9.17) is 10.2 Å². The topological polar surface area (TPSA) is 55.5 Å². The highest BCUT2D eigenvalue weighted by atomic mass is 28.4. The van der Waals surface area contributed by atoms with Crippen molar-refractivity contribution in [1.82, 2.24) is 0 Å². The summed E-state index contributed by atoms with van der Waals surface area (Å²) in [4.78, 5) is 9.75. The quantitative estimate of drug-likeness (QED) is 0.619. The predicted octanol–water partition coefficient (Wildman–Crippen LogP) is 0.610. The van der Waals surface area contributed by atoms with Crippen LogP contribution in [0.5, 0.6) is 0 Å². The minimum atomic E-state index is -2.59. The summed E-state index contributed by atoms with van der Waals surface area (Å²) in [6.45, 7) is 8.13. The summed E-state index contributed by atoms with van der Waals surface area (Å²) in [6, 6.07) is 0. The number of nitrogens with two attached hydrogens (primary N) is 1. The van der Waals surface area contributed by atoms with Crippen molar-refractivity contribution < 1.29 is 9.22 Å². The summed E-state index contributed by atoms with van der Waals surface area (Å²) in [5.74, 6) is 0.281. The van der Waals surface area contributed by atoms with Crippen LogP contribution in [-0.4, -0.2) is 25.6 Å². The molecule has 0 radical (unpaired) electrons. The molecule has 0 rings (SSSR count). The molecular formula is C7H19NO2Si. The minimum absolute atomic E-state index is 0.192. The summed E-state index contributed by atoms with van der Waals surface area (Å²) >= 11 is 0. The van der Waals surface area contributed by atoms with E-state index in [1.165, 1.54) is 0 Å². The molecule has 0 amide bonds. The van der Waals surface area contributed by atoms with Crippen LogP contribution in [0.4, 0.5) is 0 Å². The third-order valence-electron chi connectivity index (χ3n) is 1.77. The zero-order valence-electron chi connectivity index (χ0n) is 7.79. The van der Waals surface area contributed by atoms with Crippen molar-refractivity contribution in [2.75, 3.05) is 6.61 Å². The summed E-state index contributed by atoms with van der Waals surface area (Å²) < 4.78 is 5.22. The maximum Gasteiger partial charge on any atom is 0.349 e. The second-order valence-corrected chi connectivity index (χ2v) is 6.32. The van der Waals surface area contributed by atoms with Gasteiger partial charge in [-0.25, -0.2) is 0 Å². The highest BCUT2D eigenvalue weighted by Gasteiger charge is 2.36. The van der Waals surface area contributed by atoms with Crippen LogP contribution in [0.2, 0.25) is 6.55 Å². The SMILES string of the molecule is CCO[Si](C)(O)C(N)C(C)C. The zero-order valence-corrected chi connectivity index (χ0v) is 8.79. The van der Waals surface area contributed by atoms with Crippen molar-refractivity contribution in [3.05, 3.63) is 0 Å². The first-order chi connectivity index (χ1) is 4.91. The Morgan fingerprint density at radius 1 is 1.55 bits per heavy atom. The van der Waals surface area contributed by atoms with Crippen molar-refractivity contribution in [3.8, 4) is 0 Å². The van der Waals surface area contributed by atoms with Gasteiger partial charge in [0.2, 0.25) is 0 Å². The average molecular weight is 177 g/mol. The molecule has 0 bridgehead atoms. The Balaban J connectivity index is 4.05. The lowest BCUT2D eigenvalue weighted by molar-refractivity contribution is 0.229. The molecule has 0 spiro atoms. The average Bonchev–Trinajstić information content (AvgIpc) is 1.86. The van der Waals surface area contributed by atoms with Crippen LogP contribution in [0.1, 0.15) is 20.8 Å². The van der Waals surface area contributed by atoms with Crippen LogP contribution < -0.4 is 5.73 Å². The molecule has 68 valence electrons. The van der Waals surface area contributed by atoms with Crippen LogP contribution in [-0.2, 0) is 4.43 Å². The van der Waals surface area contributed by atoms with Gasteiger partial charge >= 0.3 is 8.56 Å². The molecule has 2 atom stereocenters. The number of hydrogen-bond donors (Lipinski definition) is 2. The van der Waals surface area contributed by atoms with E-state index in [0.29, 0.717) is 6.61 Å². The molecule has 2 unspecified atom stereocenters. The molecule has 3 nitrogen and oxygen atoms in total. The summed E-state index contributed by atoms with van der Waals surface area (Å²) in [6.07, 6.45) is 0. The van der Waals surface area contributed by atoms with Crippen LogP contribution in [0.15, 0.2) is 0 Å². The first kappa shape index (κ1) is 11.1. The van der Waals surface area contributed by atoms with E-state index < -0.39 is 8.56 Å². The smallest absolute Gasteiger partial charge is 0.349 e. The third-order valence-corrected chi connectivity index (χ3v) is 4.55. The van der Waals surface area contributed by atoms with E-state index in [-0.39, 0.29) is 11.6 Å². The summed E-state index contributed by atoms with van der Waals surface area (Å²) in [5, 5.41) is 0. The van der Waals surface area contributed by atoms with E-state index in [1.807, 2.05) is 20.8 Å². The van der Waals surface area contributed by atoms with Gasteiger partial charge in [0.25, 0.3) is 0 Å². The van der Waals surface area contributed by atoms with Gasteiger partial charge in [0.05, 0.1) is 5.67 Å². The zero-order chi connectivity index (χ0) is 9.07. The molecule has 0 saturated carbocycles. The van der Waals surface area contributed by atoms with E-state index in [1.54, 1.807) is 6.55 Å². The van der Waals surface area contributed by atoms with Crippen molar-refractivity contribution in [2.24, 2.45) is 11.7 Å². The van der Waals surface area contributed by atoms with Crippen molar-refractivity contribution in [1.29, 1.82) is 0 Å². The largest absolute Gasteiger partial charge is 0.410 e. The fourth-order valence-corrected chi connectivity index (χ4v) is 3.02. The first-order valence-electron chi connectivity index (χ1n) is 4.03. The fourth-order valence-electron chi connectivity index (χ4n) is 1.01. The van der Waals surface area contributed by atoms with Gasteiger partial charge in [-0.15, -0.1) is 0 Å². The summed E-state index contributed by atoms with van der Waals surface area (Å²) in [7, 11) is -2.59. The molecule has 3 N–H and O–H groups in total. The van der Waals surface area contributed by atoms with Gasteiger partial charge in [0.15, 0.2) is 0 Å². The maximum absolute atomic E-state index is 9.75. The van der Waals surface area contributed by atoms with Crippen LogP contribution >= 0.6 is 0 Å². The standard InChI is InChI=1S/C7H19NO2Si/c1-5-10-11(4,9)7(8)6(2)3/h6-7,9H,5,8H2,1-4H3. The second kappa shape index (κ2) is 4.20. The molecule has 0 aliphatic heterocycles. The molecule has 0 fully saturated rings. The molecule has 11 heavy (non-hydrogen) atoms. The Bertz CT molecular complexity index is 117. The molecular weight excluding hydrogens is 158 g/mol. The fraction of sp³-hybridized carbons (Fsp3) is 1.00. The molecule has 4 heteroatoms. The maximum atomic E-state index is 9.75. The molecule has 0 aromatic rings. The van der Waals surface area contributed by atoms with Gasteiger partial charge in [0, 0.05) is 6.61 Å². The van der Waals surface area contributed by atoms with E-state index in [2.05, 4.69) is 0 Å². The lowest BCUT2D eigenvalue weighted by Gasteiger charge is -2.28. The highest BCUT2D eigenvalue weighted by molar-refractivity contribution is 6.66. The number of hydrogen-bond acceptors (Lipinski definition) is 3. The highest BCUT2D eigenvalue weighted by Crippen LogP contribution is 2.11. The first-order valence-corrected chi connectivity index (χ1v) is 6.47. The monoisotopic (exact) mass is 177 g/mol. The van der Waals surface area contributed by atoms with Crippen molar-refractivity contribution in [2.45, 2.75) is 33.0 Å². The Labute approximate surface area is 69.8 Å². The second-order valence-electron chi connectivity index (χ2n) is 3.26. The molecule has 0 heterocycles. The van der Waals surface area contributed by atoms with Crippen molar-refractivity contribution in [3.63, 3.8) is 0 Å². The molecule has 0 saturated heterocycles. The third kappa shape index (κ3) is 3.33. The Morgan fingerprint density at radius 2 is 2.00 bits per heavy atom. The Hall–Kier alpha value is 0.0969. The lowest BCUT2D eigenvalue weighted by atomic mass is 10.2. The van der Waals surface area contributed by atoms with Gasteiger partial charge in [-0.1, -0.05) is 13.8 Å². The van der Waals surface area contributed by atoms with E-state index >= 15 is 0 Å². The van der Waals surface area contributed by atoms with Gasteiger partial charge in [-0.2, -0.15) is 0 Å². The lowest BCUT2D eigenvalue weighted by Crippen LogP contribution is -2.56. The summed E-state index contributed by atoms with van der Waals surface area (Å²) in [5.41, 5.74) is 5.57.